The van der Waals surface area contributed by atoms with Crippen LogP contribution in [-0.4, -0.2) is 106 Å². The largest absolute Gasteiger partial charge is 0.477 e. The van der Waals surface area contributed by atoms with Gasteiger partial charge in [-0.3, -0.25) is 9.59 Å². The van der Waals surface area contributed by atoms with Crippen LogP contribution in [0.3, 0.4) is 0 Å². The second-order valence-corrected chi connectivity index (χ2v) is 11.4. The van der Waals surface area contributed by atoms with E-state index in [2.05, 4.69) is 10.6 Å². The predicted molar refractivity (Wildman–Crippen MR) is 127 cm³/mol. The molecule has 0 aromatic rings. The molecule has 3 fully saturated rings. The van der Waals surface area contributed by atoms with Crippen molar-refractivity contribution in [3.8, 4) is 0 Å². The standard InChI is InChI=1S/C23H36N4O6S/c1-11-19-18(12(2)28)22(31)27(19)20(23(32)33)21(11)34-14-6-15(25-9-14)16(29)7-17(30)26-5-4-13(10-26)8-24-3/h11-16,18-19,24-25,28-29H,4-10H2,1-3H3,(H,32,33)/t11-,12-,13-,14+,15+,16?,18-,19-/m1/s1. The molecule has 10 nitrogen and oxygen atoms in total. The van der Waals surface area contributed by atoms with Gasteiger partial charge in [-0.05, 0) is 39.3 Å². The minimum Gasteiger partial charge on any atom is -0.477 e. The molecule has 0 aliphatic carbocycles. The maximum absolute atomic E-state index is 12.7. The number of carboxylic acids is 1. The van der Waals surface area contributed by atoms with Crippen molar-refractivity contribution in [1.82, 2.24) is 20.4 Å². The number of thioether (sulfide) groups is 1. The van der Waals surface area contributed by atoms with Crippen molar-refractivity contribution in [1.29, 1.82) is 0 Å². The highest BCUT2D eigenvalue weighted by molar-refractivity contribution is 8.03. The number of aliphatic hydroxyl groups is 2. The van der Waals surface area contributed by atoms with E-state index in [1.807, 2.05) is 18.9 Å². The molecule has 1 unspecified atom stereocenters. The van der Waals surface area contributed by atoms with Gasteiger partial charge in [0.15, 0.2) is 0 Å². The van der Waals surface area contributed by atoms with E-state index >= 15 is 0 Å². The van der Waals surface area contributed by atoms with Crippen molar-refractivity contribution < 1.29 is 29.7 Å². The van der Waals surface area contributed by atoms with Gasteiger partial charge < -0.3 is 35.8 Å². The maximum Gasteiger partial charge on any atom is 0.353 e. The highest BCUT2D eigenvalue weighted by Crippen LogP contribution is 2.51. The van der Waals surface area contributed by atoms with E-state index in [-0.39, 0.29) is 47.2 Å². The summed E-state index contributed by atoms with van der Waals surface area (Å²) in [5.41, 5.74) is 0.0220. The second-order valence-electron chi connectivity index (χ2n) is 10.1. The average molecular weight is 497 g/mol. The van der Waals surface area contributed by atoms with E-state index in [0.717, 1.165) is 26.1 Å². The number of amides is 2. The lowest BCUT2D eigenvalue weighted by atomic mass is 9.79. The third kappa shape index (κ3) is 4.60. The van der Waals surface area contributed by atoms with Crippen LogP contribution in [0.1, 0.15) is 33.1 Å². The molecule has 2 amide bonds. The zero-order chi connectivity index (χ0) is 24.7. The molecule has 4 aliphatic rings. The summed E-state index contributed by atoms with van der Waals surface area (Å²) >= 11 is 1.44. The molecule has 5 N–H and O–H groups in total. The van der Waals surface area contributed by atoms with E-state index in [1.165, 1.54) is 16.7 Å². The molecule has 0 radical (unpaired) electrons. The van der Waals surface area contributed by atoms with Crippen LogP contribution in [-0.2, 0) is 14.4 Å². The Morgan fingerprint density at radius 2 is 2.06 bits per heavy atom. The van der Waals surface area contributed by atoms with Gasteiger partial charge in [0.2, 0.25) is 11.8 Å². The van der Waals surface area contributed by atoms with Gasteiger partial charge in [0.25, 0.3) is 0 Å². The number of rotatable bonds is 9. The fraction of sp³-hybridized carbons (Fsp3) is 0.783. The van der Waals surface area contributed by atoms with E-state index in [0.29, 0.717) is 23.8 Å². The van der Waals surface area contributed by atoms with Crippen LogP contribution in [0.4, 0.5) is 0 Å². The summed E-state index contributed by atoms with van der Waals surface area (Å²) in [5, 5.41) is 37.0. The van der Waals surface area contributed by atoms with E-state index in [9.17, 15) is 29.7 Å². The van der Waals surface area contributed by atoms with Crippen molar-refractivity contribution in [2.75, 3.05) is 33.2 Å². The lowest BCUT2D eigenvalue weighted by molar-refractivity contribution is -0.163. The minimum atomic E-state index is -1.13. The number of carbonyl (C=O) groups excluding carboxylic acids is 2. The van der Waals surface area contributed by atoms with Gasteiger partial charge >= 0.3 is 5.97 Å². The zero-order valence-corrected chi connectivity index (χ0v) is 20.8. The minimum absolute atomic E-state index is 0.0205. The number of fused-ring (bicyclic) bond motifs is 1. The molecule has 4 aliphatic heterocycles. The van der Waals surface area contributed by atoms with Gasteiger partial charge in [0.05, 0.1) is 30.6 Å². The van der Waals surface area contributed by atoms with Gasteiger partial charge in [-0.15, -0.1) is 11.8 Å². The fourth-order valence-electron chi connectivity index (χ4n) is 5.94. The van der Waals surface area contributed by atoms with E-state index < -0.39 is 24.1 Å². The summed E-state index contributed by atoms with van der Waals surface area (Å²) in [5.74, 6) is -1.81. The van der Waals surface area contributed by atoms with Crippen LogP contribution in [0.2, 0.25) is 0 Å². The summed E-state index contributed by atoms with van der Waals surface area (Å²) in [4.78, 5) is 41.0. The number of hydrogen-bond donors (Lipinski definition) is 5. The zero-order valence-electron chi connectivity index (χ0n) is 19.9. The van der Waals surface area contributed by atoms with Gasteiger partial charge in [-0.1, -0.05) is 6.92 Å². The number of likely N-dealkylation sites (tertiary alicyclic amines) is 1. The number of nitrogens with one attached hydrogen (secondary N) is 2. The van der Waals surface area contributed by atoms with E-state index in [4.69, 9.17) is 0 Å². The van der Waals surface area contributed by atoms with Crippen molar-refractivity contribution in [3.63, 3.8) is 0 Å². The van der Waals surface area contributed by atoms with Crippen LogP contribution in [0, 0.1) is 17.8 Å². The number of carboxylic acid groups (broad SMARTS) is 1. The molecule has 11 heteroatoms. The average Bonchev–Trinajstić information content (AvgIpc) is 3.47. The molecule has 4 heterocycles. The molecule has 190 valence electrons. The van der Waals surface area contributed by atoms with Gasteiger partial charge in [-0.25, -0.2) is 4.79 Å². The highest BCUT2D eigenvalue weighted by Gasteiger charge is 2.60. The molecule has 0 bridgehead atoms. The number of nitrogens with zero attached hydrogens (tertiary/aromatic N) is 2. The molecule has 4 rings (SSSR count). The van der Waals surface area contributed by atoms with Crippen LogP contribution >= 0.6 is 11.8 Å². The number of carbonyl (C=O) groups is 3. The van der Waals surface area contributed by atoms with Crippen LogP contribution in [0.15, 0.2) is 10.6 Å². The summed E-state index contributed by atoms with van der Waals surface area (Å²) < 4.78 is 0. The Morgan fingerprint density at radius 1 is 1.32 bits per heavy atom. The smallest absolute Gasteiger partial charge is 0.353 e. The third-order valence-corrected chi connectivity index (χ3v) is 9.22. The molecule has 3 saturated heterocycles. The molecular weight excluding hydrogens is 460 g/mol. The third-order valence-electron chi connectivity index (χ3n) is 7.71. The number of aliphatic carboxylic acids is 1. The lowest BCUT2D eigenvalue weighted by Crippen LogP contribution is -2.63. The maximum atomic E-state index is 12.7. The summed E-state index contributed by atoms with van der Waals surface area (Å²) in [7, 11) is 1.90. The number of β-lactam (4-membered cyclic amide) rings is 1. The highest BCUT2D eigenvalue weighted by atomic mass is 32.2. The topological polar surface area (TPSA) is 142 Å². The Morgan fingerprint density at radius 3 is 2.71 bits per heavy atom. The monoisotopic (exact) mass is 496 g/mol. The first-order valence-electron chi connectivity index (χ1n) is 12.1. The Labute approximate surface area is 204 Å². The molecule has 34 heavy (non-hydrogen) atoms. The summed E-state index contributed by atoms with van der Waals surface area (Å²) in [6.07, 6.45) is 0.00429. The van der Waals surface area contributed by atoms with E-state index in [1.54, 1.807) is 6.92 Å². The molecule has 0 saturated carbocycles. The van der Waals surface area contributed by atoms with Crippen LogP contribution in [0.5, 0.6) is 0 Å². The van der Waals surface area contributed by atoms with Gasteiger partial charge in [0.1, 0.15) is 5.70 Å². The molecule has 0 aromatic heterocycles. The SMILES string of the molecule is CNC[C@H]1CCN(C(=O)CC(O)[C@@H]2C[C@H](SC3=C(C(=O)O)N4C(=O)[C@H]([C@@H](C)O)[C@H]4[C@H]3C)CN2)C1. The molecule has 0 spiro atoms. The van der Waals surface area contributed by atoms with Crippen LogP contribution in [0.25, 0.3) is 0 Å². The predicted octanol–water partition coefficient (Wildman–Crippen LogP) is -0.577. The molecule has 0 aromatic carbocycles. The van der Waals surface area contributed by atoms with Crippen molar-refractivity contribution >= 4 is 29.5 Å². The Balaban J connectivity index is 1.34. The normalized spacial score (nSPS) is 34.9. The Hall–Kier alpha value is -1.66. The first kappa shape index (κ1) is 25.4. The van der Waals surface area contributed by atoms with Crippen molar-refractivity contribution in [2.24, 2.45) is 17.8 Å². The summed E-state index contributed by atoms with van der Waals surface area (Å²) in [6.45, 7) is 6.37. The lowest BCUT2D eigenvalue weighted by Gasteiger charge is -2.46. The van der Waals surface area contributed by atoms with Crippen molar-refractivity contribution in [3.05, 3.63) is 10.6 Å². The van der Waals surface area contributed by atoms with Gasteiger partial charge in [-0.2, -0.15) is 0 Å². The van der Waals surface area contributed by atoms with Gasteiger partial charge in [0, 0.05) is 41.7 Å². The second kappa shape index (κ2) is 10.1. The Kier molecular flexibility index (Phi) is 7.58. The number of hydrogen-bond acceptors (Lipinski definition) is 8. The summed E-state index contributed by atoms with van der Waals surface area (Å²) in [6, 6.07) is -0.576. The fourth-order valence-corrected chi connectivity index (χ4v) is 7.43. The van der Waals surface area contributed by atoms with Crippen LogP contribution < -0.4 is 10.6 Å². The van der Waals surface area contributed by atoms with Crippen molar-refractivity contribution in [2.45, 2.75) is 62.7 Å². The number of aliphatic hydroxyl groups excluding tert-OH is 2. The quantitative estimate of drug-likeness (QED) is 0.265. The molecular formula is C23H36N4O6S. The molecule has 8 atom stereocenters. The first-order valence-corrected chi connectivity index (χ1v) is 13.0. The Bertz CT molecular complexity index is 866. The first-order chi connectivity index (χ1) is 16.1.